The Morgan fingerprint density at radius 3 is 2.72 bits per heavy atom. The minimum atomic E-state index is 0. The van der Waals surface area contributed by atoms with Gasteiger partial charge in [-0.1, -0.05) is 11.6 Å². The number of likely N-dealkylation sites (tertiary alicyclic amines) is 1. The minimum absolute atomic E-state index is 0. The van der Waals surface area contributed by atoms with Crippen molar-refractivity contribution in [1.82, 2.24) is 15.1 Å². The fourth-order valence-corrected chi connectivity index (χ4v) is 2.92. The van der Waals surface area contributed by atoms with Crippen LogP contribution in [-0.2, 0) is 0 Å². The summed E-state index contributed by atoms with van der Waals surface area (Å²) in [6.45, 7) is 7.55. The average molecular weight is 481 g/mol. The van der Waals surface area contributed by atoms with E-state index in [1.807, 2.05) is 31.3 Å². The van der Waals surface area contributed by atoms with Crippen LogP contribution >= 0.6 is 35.6 Å². The second-order valence-corrected chi connectivity index (χ2v) is 6.77. The number of benzene rings is 1. The summed E-state index contributed by atoms with van der Waals surface area (Å²) in [6.07, 6.45) is 1.24. The molecule has 142 valence electrons. The lowest BCUT2D eigenvalue weighted by molar-refractivity contribution is 0.281. The van der Waals surface area contributed by atoms with Crippen molar-refractivity contribution in [2.45, 2.75) is 13.3 Å². The van der Waals surface area contributed by atoms with Crippen molar-refractivity contribution in [1.29, 1.82) is 0 Å². The Kier molecular flexibility index (Phi) is 10.5. The van der Waals surface area contributed by atoms with E-state index in [0.717, 1.165) is 42.9 Å². The van der Waals surface area contributed by atoms with Crippen molar-refractivity contribution in [3.8, 4) is 5.75 Å². The van der Waals surface area contributed by atoms with Crippen LogP contribution in [0, 0.1) is 5.92 Å². The summed E-state index contributed by atoms with van der Waals surface area (Å²) in [5.74, 6) is 2.46. The van der Waals surface area contributed by atoms with Crippen LogP contribution in [-0.4, -0.2) is 69.2 Å². The van der Waals surface area contributed by atoms with Gasteiger partial charge in [0, 0.05) is 31.7 Å². The largest absolute Gasteiger partial charge is 0.492 e. The molecule has 0 bridgehead atoms. The molecule has 0 amide bonds. The van der Waals surface area contributed by atoms with Crippen LogP contribution in [0.5, 0.6) is 5.75 Å². The van der Waals surface area contributed by atoms with Gasteiger partial charge < -0.3 is 19.9 Å². The normalized spacial score (nSPS) is 17.9. The number of rotatable bonds is 7. The second kappa shape index (κ2) is 11.8. The van der Waals surface area contributed by atoms with Gasteiger partial charge in [0.05, 0.1) is 6.54 Å². The van der Waals surface area contributed by atoms with E-state index < -0.39 is 0 Å². The minimum Gasteiger partial charge on any atom is -0.492 e. The molecule has 0 spiro atoms. The monoisotopic (exact) mass is 480 g/mol. The summed E-state index contributed by atoms with van der Waals surface area (Å²) >= 11 is 5.88. The van der Waals surface area contributed by atoms with Crippen molar-refractivity contribution < 1.29 is 4.74 Å². The highest BCUT2D eigenvalue weighted by Gasteiger charge is 2.19. The molecular formula is C18H30ClIN4O. The zero-order chi connectivity index (χ0) is 17.4. The molecule has 1 fully saturated rings. The zero-order valence-corrected chi connectivity index (χ0v) is 18.5. The number of hydrogen-bond donors (Lipinski definition) is 1. The van der Waals surface area contributed by atoms with E-state index in [1.54, 1.807) is 0 Å². The van der Waals surface area contributed by atoms with Gasteiger partial charge in [0.2, 0.25) is 0 Å². The molecule has 5 nitrogen and oxygen atoms in total. The zero-order valence-electron chi connectivity index (χ0n) is 15.4. The van der Waals surface area contributed by atoms with Crippen LogP contribution in [0.25, 0.3) is 0 Å². The number of guanidine groups is 1. The molecule has 1 aliphatic heterocycles. The Bertz CT molecular complexity index is 526. The van der Waals surface area contributed by atoms with Crippen LogP contribution in [0.2, 0.25) is 5.02 Å². The van der Waals surface area contributed by atoms with E-state index in [0.29, 0.717) is 12.5 Å². The van der Waals surface area contributed by atoms with Gasteiger partial charge >= 0.3 is 0 Å². The molecule has 2 rings (SSSR count). The summed E-state index contributed by atoms with van der Waals surface area (Å²) < 4.78 is 5.76. The maximum absolute atomic E-state index is 5.88. The number of nitrogens with one attached hydrogen (secondary N) is 1. The standard InChI is InChI=1S/C18H29ClN4O.HI/c1-4-20-18(21-13-15-9-10-22(2)14-15)23(3)11-12-24-17-7-5-16(19)6-8-17;/h5-8,15H,4,9-14H2,1-3H3,(H,20,21);1H. The van der Waals surface area contributed by atoms with Gasteiger partial charge in [0.25, 0.3) is 0 Å². The summed E-state index contributed by atoms with van der Waals surface area (Å²) in [7, 11) is 4.22. The maximum Gasteiger partial charge on any atom is 0.193 e. The van der Waals surface area contributed by atoms with E-state index in [4.69, 9.17) is 21.3 Å². The number of ether oxygens (including phenoxy) is 1. The summed E-state index contributed by atoms with van der Waals surface area (Å²) in [5, 5.41) is 4.08. The van der Waals surface area contributed by atoms with E-state index in [-0.39, 0.29) is 24.0 Å². The molecule has 0 aliphatic carbocycles. The number of hydrogen-bond acceptors (Lipinski definition) is 3. The fourth-order valence-electron chi connectivity index (χ4n) is 2.80. The van der Waals surface area contributed by atoms with Gasteiger partial charge in [-0.25, -0.2) is 0 Å². The van der Waals surface area contributed by atoms with E-state index in [9.17, 15) is 0 Å². The Morgan fingerprint density at radius 2 is 2.12 bits per heavy atom. The van der Waals surface area contributed by atoms with Crippen molar-refractivity contribution in [2.24, 2.45) is 10.9 Å². The molecule has 1 unspecified atom stereocenters. The molecule has 1 aromatic carbocycles. The molecule has 1 heterocycles. The van der Waals surface area contributed by atoms with Crippen molar-refractivity contribution in [2.75, 3.05) is 53.4 Å². The SMILES string of the molecule is CCNC(=NCC1CCN(C)C1)N(C)CCOc1ccc(Cl)cc1.I. The molecule has 0 aromatic heterocycles. The lowest BCUT2D eigenvalue weighted by Gasteiger charge is -2.22. The quantitative estimate of drug-likeness (QED) is 0.370. The highest BCUT2D eigenvalue weighted by molar-refractivity contribution is 14.0. The van der Waals surface area contributed by atoms with Gasteiger partial charge in [-0.3, -0.25) is 4.99 Å². The van der Waals surface area contributed by atoms with Gasteiger partial charge in [0.15, 0.2) is 5.96 Å². The molecule has 1 aromatic rings. The van der Waals surface area contributed by atoms with Gasteiger partial charge in [-0.2, -0.15) is 0 Å². The summed E-state index contributed by atoms with van der Waals surface area (Å²) in [6, 6.07) is 7.45. The average Bonchev–Trinajstić information content (AvgIpc) is 2.98. The van der Waals surface area contributed by atoms with E-state index in [1.165, 1.54) is 13.0 Å². The first-order chi connectivity index (χ1) is 11.6. The topological polar surface area (TPSA) is 40.1 Å². The summed E-state index contributed by atoms with van der Waals surface area (Å²) in [5.41, 5.74) is 0. The Labute approximate surface area is 173 Å². The van der Waals surface area contributed by atoms with Crippen LogP contribution < -0.4 is 10.1 Å². The van der Waals surface area contributed by atoms with Crippen LogP contribution in [0.15, 0.2) is 29.3 Å². The highest BCUT2D eigenvalue weighted by atomic mass is 127. The molecule has 1 saturated heterocycles. The third kappa shape index (κ3) is 8.00. The number of likely N-dealkylation sites (N-methyl/N-ethyl adjacent to an activating group) is 1. The summed E-state index contributed by atoms with van der Waals surface area (Å²) in [4.78, 5) is 9.29. The van der Waals surface area contributed by atoms with Crippen LogP contribution in [0.3, 0.4) is 0 Å². The molecule has 7 heteroatoms. The lowest BCUT2D eigenvalue weighted by atomic mass is 10.1. The predicted molar refractivity (Wildman–Crippen MR) is 117 cm³/mol. The van der Waals surface area contributed by atoms with E-state index >= 15 is 0 Å². The highest BCUT2D eigenvalue weighted by Crippen LogP contribution is 2.16. The molecule has 1 aliphatic rings. The van der Waals surface area contributed by atoms with Crippen molar-refractivity contribution in [3.63, 3.8) is 0 Å². The molecule has 1 atom stereocenters. The van der Waals surface area contributed by atoms with Crippen LogP contribution in [0.4, 0.5) is 0 Å². The third-order valence-corrected chi connectivity index (χ3v) is 4.45. The van der Waals surface area contributed by atoms with E-state index in [2.05, 4.69) is 29.1 Å². The van der Waals surface area contributed by atoms with Gasteiger partial charge in [0.1, 0.15) is 12.4 Å². The molecule has 25 heavy (non-hydrogen) atoms. The molecule has 1 N–H and O–H groups in total. The first-order valence-electron chi connectivity index (χ1n) is 8.65. The van der Waals surface area contributed by atoms with Crippen molar-refractivity contribution in [3.05, 3.63) is 29.3 Å². The number of aliphatic imine (C=N–C) groups is 1. The second-order valence-electron chi connectivity index (χ2n) is 6.34. The molecular weight excluding hydrogens is 451 g/mol. The lowest BCUT2D eigenvalue weighted by Crippen LogP contribution is -2.41. The number of nitrogens with zero attached hydrogens (tertiary/aromatic N) is 3. The van der Waals surface area contributed by atoms with Crippen molar-refractivity contribution >= 4 is 41.5 Å². The smallest absolute Gasteiger partial charge is 0.193 e. The Balaban J connectivity index is 0.00000312. The van der Waals surface area contributed by atoms with Gasteiger partial charge in [-0.05, 0) is 57.1 Å². The maximum atomic E-state index is 5.88. The number of halogens is 2. The van der Waals surface area contributed by atoms with Crippen LogP contribution in [0.1, 0.15) is 13.3 Å². The molecule has 0 radical (unpaired) electrons. The third-order valence-electron chi connectivity index (χ3n) is 4.19. The fraction of sp³-hybridized carbons (Fsp3) is 0.611. The Hall–Kier alpha value is -0.730. The Morgan fingerprint density at radius 1 is 1.40 bits per heavy atom. The first-order valence-corrected chi connectivity index (χ1v) is 9.02. The van der Waals surface area contributed by atoms with Gasteiger partial charge in [-0.15, -0.1) is 24.0 Å². The molecule has 0 saturated carbocycles. The predicted octanol–water partition coefficient (Wildman–Crippen LogP) is 3.19. The first kappa shape index (κ1) is 22.3.